The molecule has 142 valence electrons. The van der Waals surface area contributed by atoms with Gasteiger partial charge in [-0.1, -0.05) is 18.2 Å². The average molecular weight is 385 g/mol. The van der Waals surface area contributed by atoms with Crippen LogP contribution >= 0.6 is 11.9 Å². The normalized spacial score (nSPS) is 15.4. The van der Waals surface area contributed by atoms with Crippen molar-refractivity contribution in [3.63, 3.8) is 0 Å². The van der Waals surface area contributed by atoms with Gasteiger partial charge in [-0.2, -0.15) is 0 Å². The van der Waals surface area contributed by atoms with Gasteiger partial charge in [-0.3, -0.25) is 4.72 Å². The van der Waals surface area contributed by atoms with E-state index in [4.69, 9.17) is 0 Å². The molecule has 0 saturated heterocycles. The first kappa shape index (κ1) is 18.4. The van der Waals surface area contributed by atoms with Gasteiger partial charge in [0.05, 0.1) is 0 Å². The first-order valence-corrected chi connectivity index (χ1v) is 10.4. The summed E-state index contributed by atoms with van der Waals surface area (Å²) >= 11 is 1.22. The highest BCUT2D eigenvalue weighted by Gasteiger charge is 2.25. The number of aryl methyl sites for hydroxylation is 2. The van der Waals surface area contributed by atoms with Gasteiger partial charge in [-0.15, -0.1) is 0 Å². The molecule has 3 nitrogen and oxygen atoms in total. The molecule has 2 amide bonds. The number of rotatable bonds is 4. The van der Waals surface area contributed by atoms with E-state index in [2.05, 4.69) is 16.1 Å². The highest BCUT2D eigenvalue weighted by atomic mass is 32.2. The summed E-state index contributed by atoms with van der Waals surface area (Å²) in [6.45, 7) is 3.07. The number of anilines is 1. The van der Waals surface area contributed by atoms with E-state index in [0.717, 1.165) is 49.1 Å². The van der Waals surface area contributed by atoms with Crippen LogP contribution in [0.4, 0.5) is 14.9 Å². The van der Waals surface area contributed by atoms with Crippen LogP contribution in [0, 0.1) is 0 Å². The third kappa shape index (κ3) is 3.84. The maximum atomic E-state index is 14.1. The molecule has 0 fully saturated rings. The molecule has 2 N–H and O–H groups in total. The molecule has 0 atom stereocenters. The first-order chi connectivity index (χ1) is 12.9. The molecule has 0 heterocycles. The van der Waals surface area contributed by atoms with E-state index in [0.29, 0.717) is 5.56 Å². The van der Waals surface area contributed by atoms with Crippen LogP contribution in [0.3, 0.4) is 0 Å². The van der Waals surface area contributed by atoms with Crippen molar-refractivity contribution in [2.75, 3.05) is 5.32 Å². The second-order valence-electron chi connectivity index (χ2n) is 7.89. The fourth-order valence-electron chi connectivity index (χ4n) is 4.14. The van der Waals surface area contributed by atoms with Crippen LogP contribution in [-0.4, -0.2) is 6.03 Å². The van der Waals surface area contributed by atoms with Gasteiger partial charge in [0.15, 0.2) is 0 Å². The molecular weight excluding hydrogens is 359 g/mol. The van der Waals surface area contributed by atoms with E-state index < -0.39 is 5.67 Å². The van der Waals surface area contributed by atoms with Crippen LogP contribution in [0.25, 0.3) is 0 Å². The zero-order valence-electron chi connectivity index (χ0n) is 15.8. The Morgan fingerprint density at radius 1 is 1.04 bits per heavy atom. The van der Waals surface area contributed by atoms with Crippen molar-refractivity contribution in [2.45, 2.75) is 62.9 Å². The molecule has 0 aliphatic heterocycles. The van der Waals surface area contributed by atoms with Crippen molar-refractivity contribution < 1.29 is 9.18 Å². The molecule has 0 bridgehead atoms. The Bertz CT molecular complexity index is 856. The number of hydrogen-bond donors (Lipinski definition) is 2. The molecule has 0 spiro atoms. The standard InChI is InChI=1S/C22H25FN2OS/c1-22(2,23)16-8-5-9-17(13-16)27-25-21(26)24-20-18-10-3-6-14(18)12-15-7-4-11-19(15)20/h5,8-9,12-13H,3-4,6-7,10-11H2,1-2H3,(H2,24,25,26). The summed E-state index contributed by atoms with van der Waals surface area (Å²) in [5.74, 6) is 0. The second kappa shape index (κ2) is 7.19. The van der Waals surface area contributed by atoms with Crippen molar-refractivity contribution in [1.82, 2.24) is 4.72 Å². The maximum absolute atomic E-state index is 14.1. The summed E-state index contributed by atoms with van der Waals surface area (Å²) in [6.07, 6.45) is 6.63. The maximum Gasteiger partial charge on any atom is 0.329 e. The third-order valence-electron chi connectivity index (χ3n) is 5.49. The minimum absolute atomic E-state index is 0.223. The zero-order valence-corrected chi connectivity index (χ0v) is 16.6. The Morgan fingerprint density at radius 2 is 1.70 bits per heavy atom. The van der Waals surface area contributed by atoms with Gasteiger partial charge in [-0.25, -0.2) is 9.18 Å². The Morgan fingerprint density at radius 3 is 2.33 bits per heavy atom. The van der Waals surface area contributed by atoms with Crippen LogP contribution in [0.1, 0.15) is 54.5 Å². The number of carbonyl (C=O) groups excluding carboxylic acids is 1. The van der Waals surface area contributed by atoms with Crippen LogP contribution in [0.15, 0.2) is 35.2 Å². The minimum Gasteiger partial charge on any atom is -0.307 e. The molecule has 4 rings (SSSR count). The molecular formula is C22H25FN2OS. The van der Waals surface area contributed by atoms with Crippen LogP contribution in [-0.2, 0) is 31.4 Å². The van der Waals surface area contributed by atoms with E-state index in [1.54, 1.807) is 12.1 Å². The zero-order chi connectivity index (χ0) is 19.0. The lowest BCUT2D eigenvalue weighted by atomic mass is 9.99. The van der Waals surface area contributed by atoms with Crippen molar-refractivity contribution in [3.05, 3.63) is 58.1 Å². The smallest absolute Gasteiger partial charge is 0.307 e. The number of carbonyl (C=O) groups is 1. The molecule has 2 aliphatic carbocycles. The molecule has 2 aromatic carbocycles. The van der Waals surface area contributed by atoms with Crippen molar-refractivity contribution in [3.8, 4) is 0 Å². The monoisotopic (exact) mass is 384 g/mol. The van der Waals surface area contributed by atoms with Gasteiger partial charge in [-0.05, 0) is 104 Å². The Kier molecular flexibility index (Phi) is 4.89. The molecule has 0 unspecified atom stereocenters. The number of fused-ring (bicyclic) bond motifs is 2. The number of halogens is 1. The van der Waals surface area contributed by atoms with Crippen molar-refractivity contribution >= 4 is 23.7 Å². The quantitative estimate of drug-likeness (QED) is 0.664. The average Bonchev–Trinajstić information content (AvgIpc) is 3.28. The SMILES string of the molecule is CC(C)(F)c1cccc(SNC(=O)Nc2c3c(cc4c2CCC4)CCC3)c1. The van der Waals surface area contributed by atoms with Crippen molar-refractivity contribution in [1.29, 1.82) is 0 Å². The van der Waals surface area contributed by atoms with E-state index in [1.165, 1.54) is 48.0 Å². The summed E-state index contributed by atoms with van der Waals surface area (Å²) in [5, 5.41) is 3.11. The lowest BCUT2D eigenvalue weighted by molar-refractivity contribution is 0.221. The van der Waals surface area contributed by atoms with Crippen LogP contribution < -0.4 is 10.0 Å². The molecule has 0 radical (unpaired) electrons. The predicted octanol–water partition coefficient (Wildman–Crippen LogP) is 5.70. The predicted molar refractivity (Wildman–Crippen MR) is 109 cm³/mol. The summed E-state index contributed by atoms with van der Waals surface area (Å²) in [6, 6.07) is 9.36. The Balaban J connectivity index is 1.47. The number of nitrogens with one attached hydrogen (secondary N) is 2. The number of hydrogen-bond acceptors (Lipinski definition) is 2. The first-order valence-electron chi connectivity index (χ1n) is 9.61. The van der Waals surface area contributed by atoms with Crippen LogP contribution in [0.2, 0.25) is 0 Å². The molecule has 5 heteroatoms. The number of alkyl halides is 1. The van der Waals surface area contributed by atoms with Crippen LogP contribution in [0.5, 0.6) is 0 Å². The van der Waals surface area contributed by atoms with Gasteiger partial charge in [0, 0.05) is 10.6 Å². The van der Waals surface area contributed by atoms with Crippen molar-refractivity contribution in [2.24, 2.45) is 0 Å². The number of amides is 2. The molecule has 0 aromatic heterocycles. The highest BCUT2D eigenvalue weighted by Crippen LogP contribution is 2.38. The molecule has 2 aliphatic rings. The van der Waals surface area contributed by atoms with Gasteiger partial charge in [0.2, 0.25) is 0 Å². The van der Waals surface area contributed by atoms with E-state index in [9.17, 15) is 9.18 Å². The second-order valence-corrected chi connectivity index (χ2v) is 8.77. The Hall–Kier alpha value is -2.01. The number of urea groups is 1. The summed E-state index contributed by atoms with van der Waals surface area (Å²) in [4.78, 5) is 13.4. The fourth-order valence-corrected chi connectivity index (χ4v) is 4.73. The summed E-state index contributed by atoms with van der Waals surface area (Å²) in [7, 11) is 0. The third-order valence-corrected chi connectivity index (χ3v) is 6.27. The van der Waals surface area contributed by atoms with Gasteiger partial charge < -0.3 is 5.32 Å². The van der Waals surface area contributed by atoms with Gasteiger partial charge >= 0.3 is 6.03 Å². The van der Waals surface area contributed by atoms with Gasteiger partial charge in [0.25, 0.3) is 0 Å². The highest BCUT2D eigenvalue weighted by molar-refractivity contribution is 7.98. The molecule has 2 aromatic rings. The fraction of sp³-hybridized carbons (Fsp3) is 0.409. The Labute approximate surface area is 164 Å². The summed E-state index contributed by atoms with van der Waals surface area (Å²) < 4.78 is 17.0. The van der Waals surface area contributed by atoms with Gasteiger partial charge in [0.1, 0.15) is 5.67 Å². The largest absolute Gasteiger partial charge is 0.329 e. The van der Waals surface area contributed by atoms with E-state index in [-0.39, 0.29) is 6.03 Å². The lowest BCUT2D eigenvalue weighted by Gasteiger charge is -2.17. The van der Waals surface area contributed by atoms with E-state index >= 15 is 0 Å². The number of benzene rings is 2. The molecule has 27 heavy (non-hydrogen) atoms. The molecule has 0 saturated carbocycles. The van der Waals surface area contributed by atoms with E-state index in [1.807, 2.05) is 12.1 Å². The lowest BCUT2D eigenvalue weighted by Crippen LogP contribution is -2.24. The summed E-state index contributed by atoms with van der Waals surface area (Å²) in [5.41, 5.74) is 5.67. The minimum atomic E-state index is -1.40. The topological polar surface area (TPSA) is 41.1 Å².